The second-order valence-corrected chi connectivity index (χ2v) is 19.3. The van der Waals surface area contributed by atoms with Gasteiger partial charge in [-0.15, -0.1) is 0 Å². The Morgan fingerprint density at radius 1 is 0.556 bits per heavy atom. The summed E-state index contributed by atoms with van der Waals surface area (Å²) in [4.78, 5) is 2.47. The van der Waals surface area contributed by atoms with E-state index in [1.807, 2.05) is 6.07 Å². The van der Waals surface area contributed by atoms with Crippen molar-refractivity contribution in [3.05, 3.63) is 194 Å². The molecule has 3 heteroatoms. The van der Waals surface area contributed by atoms with Crippen LogP contribution in [0.25, 0.3) is 66.5 Å². The highest BCUT2D eigenvalue weighted by Crippen LogP contribution is 2.41. The summed E-state index contributed by atoms with van der Waals surface area (Å²) in [5, 5.41) is 5.27. The van der Waals surface area contributed by atoms with Crippen LogP contribution < -0.4 is 15.3 Å². The summed E-state index contributed by atoms with van der Waals surface area (Å²) in [7, 11) is -2.09. The van der Waals surface area contributed by atoms with E-state index >= 15 is 0 Å². The van der Waals surface area contributed by atoms with Crippen LogP contribution in [0, 0.1) is 0 Å². The van der Waals surface area contributed by atoms with Crippen molar-refractivity contribution in [1.29, 1.82) is 0 Å². The molecule has 3 heterocycles. The van der Waals surface area contributed by atoms with Crippen molar-refractivity contribution in [3.63, 3.8) is 0 Å². The largest absolute Gasteiger partial charge is 0.455 e. The van der Waals surface area contributed by atoms with Crippen molar-refractivity contribution in [2.24, 2.45) is 0 Å². The normalized spacial score (nSPS) is 16.1. The van der Waals surface area contributed by atoms with Gasteiger partial charge in [-0.25, -0.2) is 0 Å². The maximum atomic E-state index is 6.47. The van der Waals surface area contributed by atoms with Gasteiger partial charge in [0.1, 0.15) is 19.2 Å². The maximum Gasteiger partial charge on any atom is 0.143 e. The number of para-hydroxylation sites is 2. The summed E-state index contributed by atoms with van der Waals surface area (Å²) in [6, 6.07) is 57.2. The number of allylic oxidation sites excluding steroid dienone is 4. The highest BCUT2D eigenvalue weighted by molar-refractivity contribution is 7.04. The van der Waals surface area contributed by atoms with Crippen molar-refractivity contribution in [2.75, 3.05) is 11.4 Å². The summed E-state index contributed by atoms with van der Waals surface area (Å²) < 4.78 is 6.47. The molecule has 0 atom stereocenters. The highest BCUT2D eigenvalue weighted by Gasteiger charge is 2.38. The van der Waals surface area contributed by atoms with Crippen molar-refractivity contribution in [2.45, 2.75) is 13.1 Å². The van der Waals surface area contributed by atoms with Crippen LogP contribution in [0.4, 0.5) is 11.4 Å². The Hall–Kier alpha value is -6.42. The van der Waals surface area contributed by atoms with Crippen molar-refractivity contribution in [3.8, 4) is 33.4 Å². The predicted octanol–water partition coefficient (Wildman–Crippen LogP) is 12.5. The van der Waals surface area contributed by atoms with Crippen LogP contribution in [-0.4, -0.2) is 14.6 Å². The SMILES string of the molecule is C=C1/C=C(c2ccccc2)\C=C/CN(c2ccc3c(c2)[Si](C)(C)c2cc(-c4cccc5c4oc4ccccc45)ccc2-3)c2ccc(-c3ccccc3)cc21. The molecule has 0 fully saturated rings. The Bertz CT molecular complexity index is 2840. The number of anilines is 2. The summed E-state index contributed by atoms with van der Waals surface area (Å²) in [5.74, 6) is 0. The highest BCUT2D eigenvalue weighted by atomic mass is 28.3. The van der Waals surface area contributed by atoms with Gasteiger partial charge >= 0.3 is 0 Å². The molecule has 0 radical (unpaired) electrons. The summed E-state index contributed by atoms with van der Waals surface area (Å²) in [6.45, 7) is 10.4. The molecule has 0 saturated carbocycles. The minimum absolute atomic E-state index is 0.731. The lowest BCUT2D eigenvalue weighted by atomic mass is 9.95. The zero-order chi connectivity index (χ0) is 36.4. The summed E-state index contributed by atoms with van der Waals surface area (Å²) in [6.07, 6.45) is 6.78. The van der Waals surface area contributed by atoms with E-state index in [1.54, 1.807) is 0 Å². The van der Waals surface area contributed by atoms with E-state index in [0.29, 0.717) is 0 Å². The van der Waals surface area contributed by atoms with E-state index in [-0.39, 0.29) is 0 Å². The van der Waals surface area contributed by atoms with Crippen LogP contribution in [0.5, 0.6) is 0 Å². The number of hydrogen-bond acceptors (Lipinski definition) is 2. The van der Waals surface area contributed by atoms with Gasteiger partial charge in [0.05, 0.1) is 0 Å². The fourth-order valence-corrected chi connectivity index (χ4v) is 11.7. The number of nitrogens with zero attached hydrogens (tertiary/aromatic N) is 1. The molecule has 0 saturated heterocycles. The second-order valence-electron chi connectivity index (χ2n) is 15.0. The molecule has 8 aromatic rings. The number of hydrogen-bond donors (Lipinski definition) is 0. The Labute approximate surface area is 317 Å². The molecule has 0 unspecified atom stereocenters. The average Bonchev–Trinajstić information content (AvgIpc) is 3.72. The lowest BCUT2D eigenvalue weighted by molar-refractivity contribution is 0.670. The van der Waals surface area contributed by atoms with Crippen LogP contribution in [0.1, 0.15) is 11.1 Å². The molecule has 0 spiro atoms. The molecule has 0 N–H and O–H groups in total. The van der Waals surface area contributed by atoms with E-state index in [1.165, 1.54) is 49.4 Å². The monoisotopic (exact) mass is 709 g/mol. The van der Waals surface area contributed by atoms with Crippen LogP contribution in [0.15, 0.2) is 187 Å². The molecule has 0 amide bonds. The standard InChI is InChI=1S/C51H39NOSi/c1-34-30-37(35-14-6-4-7-15-35)18-13-29-52(47-28-24-38(31-46(34)47)36-16-8-5-9-17-36)40-25-27-44-43-26-23-39(32-49(43)54(2,3)50(44)33-40)41-20-12-21-45-42-19-10-11-22-48(42)53-51(41)45/h4-28,30-33H,1,29H2,2-3H3/b18-13-,37-30+. The minimum atomic E-state index is -2.09. The average molecular weight is 710 g/mol. The van der Waals surface area contributed by atoms with Gasteiger partial charge in [-0.2, -0.15) is 0 Å². The first-order valence-corrected chi connectivity index (χ1v) is 21.7. The number of furan rings is 1. The summed E-state index contributed by atoms with van der Waals surface area (Å²) in [5.41, 5.74) is 16.2. The number of rotatable bonds is 4. The Morgan fingerprint density at radius 3 is 2.06 bits per heavy atom. The topological polar surface area (TPSA) is 16.4 Å². The predicted molar refractivity (Wildman–Crippen MR) is 233 cm³/mol. The van der Waals surface area contributed by atoms with Crippen molar-refractivity contribution >= 4 is 62.9 Å². The van der Waals surface area contributed by atoms with Gasteiger partial charge in [-0.1, -0.05) is 159 Å². The molecule has 258 valence electrons. The van der Waals surface area contributed by atoms with Crippen molar-refractivity contribution in [1.82, 2.24) is 0 Å². The zero-order valence-corrected chi connectivity index (χ0v) is 31.5. The van der Waals surface area contributed by atoms with Crippen LogP contribution in [0.2, 0.25) is 13.1 Å². The first kappa shape index (κ1) is 32.2. The fraction of sp³-hybridized carbons (Fsp3) is 0.0588. The van der Waals surface area contributed by atoms with E-state index in [0.717, 1.165) is 56.4 Å². The second kappa shape index (κ2) is 12.6. The fourth-order valence-electron chi connectivity index (χ4n) is 8.63. The molecular formula is C51H39NOSi. The molecule has 0 aliphatic carbocycles. The van der Waals surface area contributed by atoms with E-state index in [2.05, 4.69) is 194 Å². The van der Waals surface area contributed by atoms with Gasteiger partial charge in [0.25, 0.3) is 0 Å². The molecule has 2 nitrogen and oxygen atoms in total. The molecule has 7 aromatic carbocycles. The maximum absolute atomic E-state index is 6.47. The molecular weight excluding hydrogens is 671 g/mol. The Morgan fingerprint density at radius 2 is 1.24 bits per heavy atom. The minimum Gasteiger partial charge on any atom is -0.455 e. The quantitative estimate of drug-likeness (QED) is 0.169. The summed E-state index contributed by atoms with van der Waals surface area (Å²) >= 11 is 0. The van der Waals surface area contributed by atoms with Gasteiger partial charge < -0.3 is 9.32 Å². The molecule has 2 aliphatic rings. The number of benzene rings is 7. The first-order valence-electron chi connectivity index (χ1n) is 18.7. The lowest BCUT2D eigenvalue weighted by Gasteiger charge is -2.28. The third-order valence-electron chi connectivity index (χ3n) is 11.4. The van der Waals surface area contributed by atoms with Gasteiger partial charge in [-0.05, 0) is 91.3 Å². The third-order valence-corrected chi connectivity index (χ3v) is 15.0. The van der Waals surface area contributed by atoms with Crippen LogP contribution in [0.3, 0.4) is 0 Å². The molecule has 10 rings (SSSR count). The van der Waals surface area contributed by atoms with Gasteiger partial charge in [0.15, 0.2) is 0 Å². The molecule has 1 aromatic heterocycles. The van der Waals surface area contributed by atoms with Gasteiger partial charge in [0, 0.05) is 39.8 Å². The van der Waals surface area contributed by atoms with Crippen LogP contribution >= 0.6 is 0 Å². The van der Waals surface area contributed by atoms with E-state index in [4.69, 9.17) is 4.42 Å². The van der Waals surface area contributed by atoms with Gasteiger partial charge in [0.2, 0.25) is 0 Å². The smallest absolute Gasteiger partial charge is 0.143 e. The lowest BCUT2D eigenvalue weighted by Crippen LogP contribution is -2.49. The van der Waals surface area contributed by atoms with Crippen molar-refractivity contribution < 1.29 is 4.42 Å². The zero-order valence-electron chi connectivity index (χ0n) is 30.5. The Kier molecular flexibility index (Phi) is 7.53. The first-order chi connectivity index (χ1) is 26.4. The third kappa shape index (κ3) is 5.23. The van der Waals surface area contributed by atoms with Crippen LogP contribution in [-0.2, 0) is 0 Å². The molecule has 0 bridgehead atoms. The molecule has 54 heavy (non-hydrogen) atoms. The van der Waals surface area contributed by atoms with E-state index < -0.39 is 8.07 Å². The molecule has 2 aliphatic heterocycles. The Balaban J connectivity index is 1.07. The van der Waals surface area contributed by atoms with Gasteiger partial charge in [-0.3, -0.25) is 0 Å². The number of fused-ring (bicyclic) bond motifs is 7. The van der Waals surface area contributed by atoms with E-state index in [9.17, 15) is 0 Å².